The molecule has 672 valence electrons. The third kappa shape index (κ3) is 17.4. The average molecular weight is 1810 g/mol. The number of fused-ring (bicyclic) bond motifs is 6. The van der Waals surface area contributed by atoms with E-state index in [9.17, 15) is 182 Å². The Morgan fingerprint density at radius 2 is 0.258 bits per heavy atom. The summed E-state index contributed by atoms with van der Waals surface area (Å²) in [6, 6.07) is 33.8. The minimum Gasteiger partial charge on any atom is -0.508 e. The predicted molar refractivity (Wildman–Crippen MR) is 457 cm³/mol. The molecule has 0 saturated carbocycles. The fourth-order valence-corrected chi connectivity index (χ4v) is 12.8. The molecule has 18 aromatic rings. The Kier molecular flexibility index (Phi) is 23.7. The molecule has 6 aromatic heterocycles. The molecule has 42 nitrogen and oxygen atoms in total. The predicted octanol–water partition coefficient (Wildman–Crippen LogP) is 11.9. The van der Waals surface area contributed by atoms with Gasteiger partial charge in [-0.25, -0.2) is 0 Å². The van der Waals surface area contributed by atoms with E-state index in [0.29, 0.717) is 0 Å². The van der Waals surface area contributed by atoms with Crippen LogP contribution >= 0.6 is 0 Å². The summed E-state index contributed by atoms with van der Waals surface area (Å²) in [6.07, 6.45) is 0. The summed E-state index contributed by atoms with van der Waals surface area (Å²) in [4.78, 5) is 72.9. The summed E-state index contributed by atoms with van der Waals surface area (Å²) in [7, 11) is 0. The second-order valence-electron chi connectivity index (χ2n) is 27.9. The van der Waals surface area contributed by atoms with Crippen LogP contribution in [0, 0.1) is 0 Å². The Morgan fingerprint density at radius 3 is 0.371 bits per heavy atom. The highest BCUT2D eigenvalue weighted by atomic mass is 16.4. The lowest BCUT2D eigenvalue weighted by molar-refractivity contribution is 0.403. The molecule has 0 aliphatic carbocycles. The van der Waals surface area contributed by atoms with Crippen molar-refractivity contribution in [2.24, 2.45) is 0 Å². The first kappa shape index (κ1) is 89.7. The number of benzene rings is 12. The van der Waals surface area contributed by atoms with Gasteiger partial charge in [0.15, 0.2) is 104 Å². The van der Waals surface area contributed by atoms with E-state index >= 15 is 0 Å². The molecule has 18 rings (SSSR count). The van der Waals surface area contributed by atoms with Crippen LogP contribution in [0.4, 0.5) is 0 Å². The van der Waals surface area contributed by atoms with Crippen molar-refractivity contribution in [1.29, 1.82) is 0 Å². The van der Waals surface area contributed by atoms with Crippen molar-refractivity contribution in [1.82, 2.24) is 0 Å². The van der Waals surface area contributed by atoms with Crippen LogP contribution in [0.3, 0.4) is 0 Å². The van der Waals surface area contributed by atoms with Crippen LogP contribution in [0.1, 0.15) is 0 Å². The Bertz CT molecular complexity index is 6970. The SMILES string of the molecule is O=c1c(O)c(-c2ccc(O)c(O)c2)oc2cc(O)cc(O)c12.O=c1c(O)c(-c2ccc(O)c(O)c2)oc2cc(O)cc(O)c12.O=c1c(O)c(-c2ccc(O)c(O)c2)oc2cc(O)cc(O)c12.O=c1c(O)c(-c2ccc(O)c(O)c2)oc2cc(O)cc(O)c12.O=c1c(O)c(-c2ccc(O)c(O)c2)oc2cc(O)cc(O)c12.O=c1c(O)c(-c2ccc(O)c(O)c2)oc2cc(O)cc(O)c12. The zero-order valence-corrected chi connectivity index (χ0v) is 65.6. The van der Waals surface area contributed by atoms with Crippen LogP contribution in [-0.2, 0) is 0 Å². The van der Waals surface area contributed by atoms with Gasteiger partial charge in [-0.2, -0.15) is 0 Å². The molecule has 0 atom stereocenters. The van der Waals surface area contributed by atoms with Gasteiger partial charge in [0.05, 0.1) is 0 Å². The number of aromatic hydroxyl groups is 30. The summed E-state index contributed by atoms with van der Waals surface area (Å²) in [5.41, 5.74) is -5.34. The molecule has 0 unspecified atom stereocenters. The number of rotatable bonds is 6. The third-order valence-electron chi connectivity index (χ3n) is 19.0. The fourth-order valence-electron chi connectivity index (χ4n) is 12.8. The van der Waals surface area contributed by atoms with E-state index in [-0.39, 0.29) is 203 Å². The second kappa shape index (κ2) is 34.9. The van der Waals surface area contributed by atoms with Gasteiger partial charge in [0.25, 0.3) is 0 Å². The van der Waals surface area contributed by atoms with E-state index in [0.717, 1.165) is 146 Å². The average Bonchev–Trinajstić information content (AvgIpc) is 0.790. The minimum absolute atomic E-state index is 0.134. The lowest BCUT2D eigenvalue weighted by Gasteiger charge is -2.08. The van der Waals surface area contributed by atoms with E-state index in [2.05, 4.69) is 0 Å². The standard InChI is InChI=1S/6C15H10O7/c6*16-7-4-10(19)12-11(5-7)22-15(14(21)13(12)20)6-1-2-8(17)9(18)3-6/h6*1-5,16-19,21H. The van der Waals surface area contributed by atoms with E-state index < -0.39 is 136 Å². The molecule has 0 spiro atoms. The van der Waals surface area contributed by atoms with Gasteiger partial charge in [-0.3, -0.25) is 28.8 Å². The molecule has 0 aliphatic rings. The maximum absolute atomic E-state index is 12.1. The lowest BCUT2D eigenvalue weighted by atomic mass is 10.1. The van der Waals surface area contributed by atoms with Crippen LogP contribution in [0.2, 0.25) is 0 Å². The molecule has 12 aromatic carbocycles. The van der Waals surface area contributed by atoms with E-state index in [1.807, 2.05) is 0 Å². The largest absolute Gasteiger partial charge is 0.508 e. The Balaban J connectivity index is 0.000000135. The van der Waals surface area contributed by atoms with Gasteiger partial charge in [-0.05, 0) is 109 Å². The molecule has 132 heavy (non-hydrogen) atoms. The molecule has 0 saturated heterocycles. The molecule has 0 radical (unpaired) electrons. The van der Waals surface area contributed by atoms with Gasteiger partial charge in [0, 0.05) is 106 Å². The first-order chi connectivity index (χ1) is 62.3. The number of phenolic OH excluding ortho intramolecular Hbond substituents is 24. The molecule has 0 amide bonds. The number of hydrogen-bond acceptors (Lipinski definition) is 42. The van der Waals surface area contributed by atoms with Crippen molar-refractivity contribution in [3.8, 4) is 240 Å². The van der Waals surface area contributed by atoms with Crippen LogP contribution < -0.4 is 32.6 Å². The van der Waals surface area contributed by atoms with Crippen LogP contribution in [-0.4, -0.2) is 153 Å². The molecular formula is C90H60O42. The molecule has 30 N–H and O–H groups in total. The van der Waals surface area contributed by atoms with E-state index in [1.165, 1.54) is 36.4 Å². The maximum atomic E-state index is 12.1. The van der Waals surface area contributed by atoms with Crippen molar-refractivity contribution in [2.45, 2.75) is 0 Å². The maximum Gasteiger partial charge on any atom is 0.238 e. The Morgan fingerprint density at radius 1 is 0.136 bits per heavy atom. The summed E-state index contributed by atoms with van der Waals surface area (Å²) in [5, 5.41) is 286. The molecular weight excluding hydrogens is 1750 g/mol. The number of phenols is 24. The topological polar surface area (TPSA) is 788 Å². The van der Waals surface area contributed by atoms with Gasteiger partial charge < -0.3 is 180 Å². The first-order valence-electron chi connectivity index (χ1n) is 36.7. The van der Waals surface area contributed by atoms with Gasteiger partial charge in [-0.15, -0.1) is 0 Å². The summed E-state index contributed by atoms with van der Waals surface area (Å²) < 4.78 is 32.1. The van der Waals surface area contributed by atoms with Crippen LogP contribution in [0.25, 0.3) is 134 Å². The van der Waals surface area contributed by atoms with Gasteiger partial charge in [0.2, 0.25) is 67.1 Å². The summed E-state index contributed by atoms with van der Waals surface area (Å²) >= 11 is 0. The van der Waals surface area contributed by atoms with Crippen molar-refractivity contribution >= 4 is 65.8 Å². The highest BCUT2D eigenvalue weighted by molar-refractivity contribution is 5.94. The number of hydrogen-bond donors (Lipinski definition) is 30. The van der Waals surface area contributed by atoms with Gasteiger partial charge in [0.1, 0.15) is 135 Å². The Hall–Kier alpha value is -20.1. The van der Waals surface area contributed by atoms with Gasteiger partial charge >= 0.3 is 0 Å². The fraction of sp³-hybridized carbons (Fsp3) is 0. The lowest BCUT2D eigenvalue weighted by Crippen LogP contribution is -2.02. The van der Waals surface area contributed by atoms with Crippen molar-refractivity contribution in [3.63, 3.8) is 0 Å². The van der Waals surface area contributed by atoms with Crippen molar-refractivity contribution in [2.75, 3.05) is 0 Å². The molecule has 6 heterocycles. The zero-order valence-electron chi connectivity index (χ0n) is 65.6. The van der Waals surface area contributed by atoms with E-state index in [4.69, 9.17) is 26.5 Å². The second-order valence-corrected chi connectivity index (χ2v) is 27.9. The quantitative estimate of drug-likeness (QED) is 0.0688. The Labute approximate surface area is 726 Å². The van der Waals surface area contributed by atoms with Gasteiger partial charge in [-0.1, -0.05) is 0 Å². The van der Waals surface area contributed by atoms with Crippen LogP contribution in [0.15, 0.2) is 237 Å². The molecule has 0 aliphatic heterocycles. The van der Waals surface area contributed by atoms with Crippen molar-refractivity contribution in [3.05, 3.63) is 243 Å². The minimum atomic E-state index is -0.888. The first-order valence-corrected chi connectivity index (χ1v) is 36.7. The monoisotopic (exact) mass is 1810 g/mol. The molecule has 0 fully saturated rings. The highest BCUT2D eigenvalue weighted by Gasteiger charge is 2.28. The normalized spacial score (nSPS) is 10.9. The zero-order chi connectivity index (χ0) is 96.1. The summed E-state index contributed by atoms with van der Waals surface area (Å²) in [5.74, 6) is -16.3. The molecule has 42 heteroatoms. The smallest absolute Gasteiger partial charge is 0.238 e. The molecule has 0 bridgehead atoms. The third-order valence-corrected chi connectivity index (χ3v) is 19.0. The summed E-state index contributed by atoms with van der Waals surface area (Å²) in [6.45, 7) is 0. The van der Waals surface area contributed by atoms with Crippen molar-refractivity contribution < 1.29 is 180 Å². The van der Waals surface area contributed by atoms with E-state index in [1.54, 1.807) is 0 Å². The van der Waals surface area contributed by atoms with Crippen LogP contribution in [0.5, 0.6) is 172 Å². The highest BCUT2D eigenvalue weighted by Crippen LogP contribution is 2.46.